The molecule has 0 bridgehead atoms. The molecule has 0 radical (unpaired) electrons. The van der Waals surface area contributed by atoms with Crippen LogP contribution in [0.4, 0.5) is 11.8 Å². The van der Waals surface area contributed by atoms with Gasteiger partial charge in [0.2, 0.25) is 17.8 Å². The van der Waals surface area contributed by atoms with Crippen LogP contribution in [-0.2, 0) is 16.1 Å². The lowest BCUT2D eigenvalue weighted by atomic mass is 9.96. The van der Waals surface area contributed by atoms with E-state index >= 15 is 0 Å². The number of nitrogens with one attached hydrogen (secondary N) is 2. The van der Waals surface area contributed by atoms with E-state index in [1.54, 1.807) is 4.52 Å². The number of nitrogens with zero attached hydrogens (tertiary/aromatic N) is 4. The molecule has 0 atom stereocenters. The lowest BCUT2D eigenvalue weighted by Gasteiger charge is -2.32. The molecule has 1 saturated carbocycles. The zero-order valence-corrected chi connectivity index (χ0v) is 17.3. The third-order valence-electron chi connectivity index (χ3n) is 6.02. The molecule has 1 aliphatic carbocycles. The van der Waals surface area contributed by atoms with Crippen molar-refractivity contribution in [2.24, 2.45) is 11.8 Å². The molecule has 2 aromatic heterocycles. The van der Waals surface area contributed by atoms with Crippen LogP contribution < -0.4 is 15.5 Å². The molecule has 1 saturated heterocycles. The minimum Gasteiger partial charge on any atom is -0.356 e. The molecule has 8 heteroatoms. The SMILES string of the molecule is O=C(NCc1ccccc1)C1CCN(c2cccc3nc(NC(=O)C4CC4)nn23)CC1. The summed E-state index contributed by atoms with van der Waals surface area (Å²) in [6.07, 6.45) is 3.46. The van der Waals surface area contributed by atoms with E-state index in [1.165, 1.54) is 0 Å². The van der Waals surface area contributed by atoms with Gasteiger partial charge < -0.3 is 10.2 Å². The highest BCUT2D eigenvalue weighted by Crippen LogP contribution is 2.30. The van der Waals surface area contributed by atoms with E-state index in [1.807, 2.05) is 48.5 Å². The molecule has 1 aromatic carbocycles. The zero-order chi connectivity index (χ0) is 21.2. The Hall–Kier alpha value is -3.42. The predicted molar refractivity (Wildman–Crippen MR) is 118 cm³/mol. The molecule has 1 aliphatic heterocycles. The largest absolute Gasteiger partial charge is 0.356 e. The van der Waals surface area contributed by atoms with Crippen molar-refractivity contribution in [1.82, 2.24) is 19.9 Å². The fourth-order valence-electron chi connectivity index (χ4n) is 4.04. The number of anilines is 2. The number of hydrogen-bond acceptors (Lipinski definition) is 5. The van der Waals surface area contributed by atoms with Crippen molar-refractivity contribution < 1.29 is 9.59 Å². The Bertz CT molecular complexity index is 1080. The molecular formula is C23H26N6O2. The smallest absolute Gasteiger partial charge is 0.249 e. The maximum absolute atomic E-state index is 12.6. The predicted octanol–water partition coefficient (Wildman–Crippen LogP) is 2.61. The first-order valence-corrected chi connectivity index (χ1v) is 10.9. The van der Waals surface area contributed by atoms with Gasteiger partial charge in [-0.05, 0) is 43.4 Å². The maximum Gasteiger partial charge on any atom is 0.249 e. The van der Waals surface area contributed by atoms with Crippen molar-refractivity contribution >= 4 is 29.2 Å². The average Bonchev–Trinajstić information content (AvgIpc) is 3.58. The van der Waals surface area contributed by atoms with Gasteiger partial charge in [0.05, 0.1) is 0 Å². The molecule has 31 heavy (non-hydrogen) atoms. The van der Waals surface area contributed by atoms with Crippen LogP contribution in [0.2, 0.25) is 0 Å². The van der Waals surface area contributed by atoms with Gasteiger partial charge in [-0.1, -0.05) is 36.4 Å². The Labute approximate surface area is 180 Å². The van der Waals surface area contributed by atoms with Crippen LogP contribution in [0.1, 0.15) is 31.2 Å². The van der Waals surface area contributed by atoms with E-state index in [0.29, 0.717) is 18.1 Å². The van der Waals surface area contributed by atoms with E-state index in [9.17, 15) is 9.59 Å². The minimum absolute atomic E-state index is 0.000199. The van der Waals surface area contributed by atoms with Crippen LogP contribution >= 0.6 is 0 Å². The molecule has 3 heterocycles. The average molecular weight is 419 g/mol. The Balaban J connectivity index is 1.21. The fraction of sp³-hybridized carbons (Fsp3) is 0.391. The number of carbonyl (C=O) groups is 2. The molecule has 8 nitrogen and oxygen atoms in total. The minimum atomic E-state index is -0.000199. The van der Waals surface area contributed by atoms with Gasteiger partial charge in [-0.3, -0.25) is 14.9 Å². The standard InChI is InChI=1S/C23H26N6O2/c30-21(24-15-16-5-2-1-3-6-16)18-11-13-28(14-12-18)20-8-4-7-19-25-23(27-29(19)20)26-22(31)17-9-10-17/h1-8,17-18H,9-15H2,(H,24,30)(H,26,27,31). The first-order chi connectivity index (χ1) is 15.2. The summed E-state index contributed by atoms with van der Waals surface area (Å²) in [6, 6.07) is 15.8. The summed E-state index contributed by atoms with van der Waals surface area (Å²) in [5.41, 5.74) is 1.81. The number of hydrogen-bond donors (Lipinski definition) is 2. The van der Waals surface area contributed by atoms with Crippen LogP contribution in [0.15, 0.2) is 48.5 Å². The van der Waals surface area contributed by atoms with Crippen molar-refractivity contribution in [3.05, 3.63) is 54.1 Å². The van der Waals surface area contributed by atoms with Gasteiger partial charge in [0, 0.05) is 31.5 Å². The summed E-state index contributed by atoms with van der Waals surface area (Å²) < 4.78 is 1.78. The van der Waals surface area contributed by atoms with E-state index in [0.717, 1.165) is 50.2 Å². The van der Waals surface area contributed by atoms with Crippen LogP contribution in [-0.4, -0.2) is 39.5 Å². The first kappa shape index (κ1) is 19.5. The fourth-order valence-corrected chi connectivity index (χ4v) is 4.04. The summed E-state index contributed by atoms with van der Waals surface area (Å²) >= 11 is 0. The topological polar surface area (TPSA) is 91.6 Å². The van der Waals surface area contributed by atoms with Gasteiger partial charge >= 0.3 is 0 Å². The molecule has 2 N–H and O–H groups in total. The lowest BCUT2D eigenvalue weighted by Crippen LogP contribution is -2.41. The van der Waals surface area contributed by atoms with Gasteiger partial charge in [0.25, 0.3) is 0 Å². The van der Waals surface area contributed by atoms with Crippen molar-refractivity contribution in [2.45, 2.75) is 32.2 Å². The number of carbonyl (C=O) groups excluding carboxylic acids is 2. The summed E-state index contributed by atoms with van der Waals surface area (Å²) in [6.45, 7) is 2.10. The summed E-state index contributed by atoms with van der Waals surface area (Å²) in [5.74, 6) is 1.52. The highest BCUT2D eigenvalue weighted by atomic mass is 16.2. The highest BCUT2D eigenvalue weighted by Gasteiger charge is 2.30. The molecule has 160 valence electrons. The van der Waals surface area contributed by atoms with E-state index < -0.39 is 0 Å². The van der Waals surface area contributed by atoms with Crippen molar-refractivity contribution in [3.8, 4) is 0 Å². The van der Waals surface area contributed by atoms with Crippen LogP contribution in [0.3, 0.4) is 0 Å². The monoisotopic (exact) mass is 418 g/mol. The van der Waals surface area contributed by atoms with Crippen molar-refractivity contribution in [3.63, 3.8) is 0 Å². The molecular weight excluding hydrogens is 392 g/mol. The Morgan fingerprint density at radius 3 is 2.39 bits per heavy atom. The number of benzene rings is 1. The van der Waals surface area contributed by atoms with Crippen molar-refractivity contribution in [1.29, 1.82) is 0 Å². The molecule has 2 aliphatic rings. The van der Waals surface area contributed by atoms with Crippen LogP contribution in [0.5, 0.6) is 0 Å². The van der Waals surface area contributed by atoms with Gasteiger partial charge in [-0.25, -0.2) is 0 Å². The summed E-state index contributed by atoms with van der Waals surface area (Å²) in [5, 5.41) is 10.4. The van der Waals surface area contributed by atoms with Gasteiger partial charge in [-0.15, -0.1) is 5.10 Å². The molecule has 5 rings (SSSR count). The Morgan fingerprint density at radius 1 is 0.903 bits per heavy atom. The Morgan fingerprint density at radius 2 is 1.65 bits per heavy atom. The normalized spacial score (nSPS) is 17.0. The molecule has 0 spiro atoms. The number of pyridine rings is 1. The maximum atomic E-state index is 12.6. The third-order valence-corrected chi connectivity index (χ3v) is 6.02. The molecule has 2 amide bonds. The second-order valence-corrected chi connectivity index (χ2v) is 8.32. The summed E-state index contributed by atoms with van der Waals surface area (Å²) in [4.78, 5) is 31.3. The second kappa shape index (κ2) is 8.37. The van der Waals surface area contributed by atoms with Gasteiger partial charge in [0.1, 0.15) is 5.82 Å². The van der Waals surface area contributed by atoms with Crippen molar-refractivity contribution in [2.75, 3.05) is 23.3 Å². The highest BCUT2D eigenvalue weighted by molar-refractivity contribution is 5.92. The van der Waals surface area contributed by atoms with Crippen LogP contribution in [0.25, 0.3) is 5.65 Å². The van der Waals surface area contributed by atoms with Crippen LogP contribution in [0, 0.1) is 11.8 Å². The van der Waals surface area contributed by atoms with E-state index in [2.05, 4.69) is 25.6 Å². The second-order valence-electron chi connectivity index (χ2n) is 8.32. The number of rotatable bonds is 6. The zero-order valence-electron chi connectivity index (χ0n) is 17.3. The quantitative estimate of drug-likeness (QED) is 0.642. The first-order valence-electron chi connectivity index (χ1n) is 10.9. The number of fused-ring (bicyclic) bond motifs is 1. The molecule has 3 aromatic rings. The van der Waals surface area contributed by atoms with Gasteiger partial charge in [-0.2, -0.15) is 9.50 Å². The third kappa shape index (κ3) is 4.38. The molecule has 0 unspecified atom stereocenters. The number of amides is 2. The molecule has 2 fully saturated rings. The lowest BCUT2D eigenvalue weighted by molar-refractivity contribution is -0.125. The van der Waals surface area contributed by atoms with E-state index in [4.69, 9.17) is 0 Å². The summed E-state index contributed by atoms with van der Waals surface area (Å²) in [7, 11) is 0. The Kier molecular flexibility index (Phi) is 5.28. The van der Waals surface area contributed by atoms with Gasteiger partial charge in [0.15, 0.2) is 5.65 Å². The number of aromatic nitrogens is 3. The number of piperidine rings is 1. The van der Waals surface area contributed by atoms with E-state index in [-0.39, 0.29) is 23.7 Å².